The van der Waals surface area contributed by atoms with E-state index in [1.807, 2.05) is 24.4 Å². The van der Waals surface area contributed by atoms with Crippen molar-refractivity contribution in [1.82, 2.24) is 15.5 Å². The lowest BCUT2D eigenvalue weighted by Gasteiger charge is -2.08. The third kappa shape index (κ3) is 3.83. The Labute approximate surface area is 141 Å². The van der Waals surface area contributed by atoms with Crippen LogP contribution in [0.4, 0.5) is 0 Å². The molecule has 0 bridgehead atoms. The van der Waals surface area contributed by atoms with Crippen molar-refractivity contribution in [1.29, 1.82) is 0 Å². The summed E-state index contributed by atoms with van der Waals surface area (Å²) >= 11 is 2.85. The lowest BCUT2D eigenvalue weighted by Crippen LogP contribution is -2.30. The van der Waals surface area contributed by atoms with Crippen LogP contribution in [0.2, 0.25) is 0 Å². The number of nitrogens with zero attached hydrogens (tertiary/aromatic N) is 2. The second kappa shape index (κ2) is 7.01. The SMILES string of the molecule is Cc1occc1-c1nnc(SC(C)C(=O)NCc2cccs2)o1. The predicted octanol–water partition coefficient (Wildman–Crippen LogP) is 3.50. The summed E-state index contributed by atoms with van der Waals surface area (Å²) in [6, 6.07) is 5.72. The number of hydrogen-bond acceptors (Lipinski definition) is 7. The second-order valence-electron chi connectivity index (χ2n) is 4.82. The van der Waals surface area contributed by atoms with Crippen LogP contribution in [0, 0.1) is 6.92 Å². The van der Waals surface area contributed by atoms with Crippen LogP contribution in [-0.2, 0) is 11.3 Å². The molecule has 0 aliphatic rings. The highest BCUT2D eigenvalue weighted by Gasteiger charge is 2.19. The number of thiophene rings is 1. The number of nitrogens with one attached hydrogen (secondary N) is 1. The normalized spacial score (nSPS) is 12.3. The largest absolute Gasteiger partial charge is 0.469 e. The molecule has 0 saturated heterocycles. The fraction of sp³-hybridized carbons (Fsp3) is 0.267. The van der Waals surface area contributed by atoms with Gasteiger partial charge in [0.25, 0.3) is 11.1 Å². The number of rotatable bonds is 6. The highest BCUT2D eigenvalue weighted by Crippen LogP contribution is 2.28. The molecule has 8 heteroatoms. The van der Waals surface area contributed by atoms with Crippen LogP contribution in [0.3, 0.4) is 0 Å². The number of furan rings is 1. The standard InChI is InChI=1S/C15H15N3O3S2/c1-9-12(5-6-20-9)14-17-18-15(21-14)23-10(2)13(19)16-8-11-4-3-7-22-11/h3-7,10H,8H2,1-2H3,(H,16,19). The van der Waals surface area contributed by atoms with Crippen LogP contribution in [0.25, 0.3) is 11.5 Å². The molecule has 23 heavy (non-hydrogen) atoms. The Kier molecular flexibility index (Phi) is 4.82. The zero-order valence-corrected chi connectivity index (χ0v) is 14.2. The summed E-state index contributed by atoms with van der Waals surface area (Å²) in [7, 11) is 0. The van der Waals surface area contributed by atoms with Crippen molar-refractivity contribution >= 4 is 29.0 Å². The van der Waals surface area contributed by atoms with Gasteiger partial charge in [-0.3, -0.25) is 4.79 Å². The molecule has 1 amide bonds. The molecule has 0 spiro atoms. The summed E-state index contributed by atoms with van der Waals surface area (Å²) in [5, 5.41) is 12.9. The third-order valence-electron chi connectivity index (χ3n) is 3.16. The molecule has 0 radical (unpaired) electrons. The molecular formula is C15H15N3O3S2. The average Bonchev–Trinajstić information content (AvgIpc) is 3.26. The Morgan fingerprint density at radius 3 is 3.00 bits per heavy atom. The molecule has 0 saturated carbocycles. The fourth-order valence-corrected chi connectivity index (χ4v) is 3.26. The Balaban J connectivity index is 1.57. The van der Waals surface area contributed by atoms with E-state index in [1.54, 1.807) is 30.6 Å². The summed E-state index contributed by atoms with van der Waals surface area (Å²) in [5.41, 5.74) is 0.763. The first-order valence-corrected chi connectivity index (χ1v) is 8.74. The lowest BCUT2D eigenvalue weighted by atomic mass is 10.3. The Hall–Kier alpha value is -2.06. The molecule has 120 valence electrons. The van der Waals surface area contributed by atoms with E-state index in [1.165, 1.54) is 11.8 Å². The summed E-state index contributed by atoms with van der Waals surface area (Å²) in [6.45, 7) is 4.17. The van der Waals surface area contributed by atoms with E-state index in [9.17, 15) is 4.79 Å². The molecular weight excluding hydrogens is 334 g/mol. The smallest absolute Gasteiger partial charge is 0.277 e. The predicted molar refractivity (Wildman–Crippen MR) is 88.2 cm³/mol. The van der Waals surface area contributed by atoms with Crippen LogP contribution >= 0.6 is 23.1 Å². The summed E-state index contributed by atoms with van der Waals surface area (Å²) in [6.07, 6.45) is 1.57. The van der Waals surface area contributed by atoms with E-state index in [0.717, 1.165) is 10.4 Å². The maximum absolute atomic E-state index is 12.1. The number of thioether (sulfide) groups is 1. The fourth-order valence-electron chi connectivity index (χ4n) is 1.91. The summed E-state index contributed by atoms with van der Waals surface area (Å²) in [5.74, 6) is 1.04. The zero-order chi connectivity index (χ0) is 16.2. The van der Waals surface area contributed by atoms with Crippen molar-refractivity contribution in [2.45, 2.75) is 30.9 Å². The van der Waals surface area contributed by atoms with Gasteiger partial charge in [-0.05, 0) is 31.4 Å². The molecule has 3 heterocycles. The van der Waals surface area contributed by atoms with Crippen molar-refractivity contribution in [3.05, 3.63) is 40.5 Å². The van der Waals surface area contributed by atoms with Crippen molar-refractivity contribution in [3.63, 3.8) is 0 Å². The number of carbonyl (C=O) groups is 1. The molecule has 6 nitrogen and oxygen atoms in total. The Morgan fingerprint density at radius 2 is 2.30 bits per heavy atom. The van der Waals surface area contributed by atoms with Crippen molar-refractivity contribution in [2.75, 3.05) is 0 Å². The first-order chi connectivity index (χ1) is 11.1. The molecule has 1 unspecified atom stereocenters. The lowest BCUT2D eigenvalue weighted by molar-refractivity contribution is -0.120. The van der Waals surface area contributed by atoms with E-state index >= 15 is 0 Å². The number of carbonyl (C=O) groups excluding carboxylic acids is 1. The van der Waals surface area contributed by atoms with Gasteiger partial charge >= 0.3 is 0 Å². The van der Waals surface area contributed by atoms with Gasteiger partial charge in [-0.2, -0.15) is 0 Å². The van der Waals surface area contributed by atoms with E-state index in [4.69, 9.17) is 8.83 Å². The molecule has 3 aromatic heterocycles. The topological polar surface area (TPSA) is 81.2 Å². The highest BCUT2D eigenvalue weighted by molar-refractivity contribution is 8.00. The quantitative estimate of drug-likeness (QED) is 0.686. The minimum Gasteiger partial charge on any atom is -0.469 e. The number of aromatic nitrogens is 2. The van der Waals surface area contributed by atoms with E-state index in [0.29, 0.717) is 23.4 Å². The first kappa shape index (κ1) is 15.8. The minimum atomic E-state index is -0.325. The van der Waals surface area contributed by atoms with E-state index < -0.39 is 0 Å². The van der Waals surface area contributed by atoms with Gasteiger partial charge in [-0.15, -0.1) is 21.5 Å². The molecule has 3 rings (SSSR count). The van der Waals surface area contributed by atoms with Gasteiger partial charge in [0.2, 0.25) is 5.91 Å². The number of hydrogen-bond donors (Lipinski definition) is 1. The van der Waals surface area contributed by atoms with Gasteiger partial charge in [0, 0.05) is 4.88 Å². The second-order valence-corrected chi connectivity index (χ2v) is 7.15. The Morgan fingerprint density at radius 1 is 1.43 bits per heavy atom. The molecule has 0 fully saturated rings. The van der Waals surface area contributed by atoms with Gasteiger partial charge in [0.1, 0.15) is 5.76 Å². The molecule has 1 N–H and O–H groups in total. The molecule has 1 atom stereocenters. The molecule has 0 aliphatic carbocycles. The molecule has 3 aromatic rings. The summed E-state index contributed by atoms with van der Waals surface area (Å²) < 4.78 is 10.8. The van der Waals surface area contributed by atoms with Crippen molar-refractivity contribution in [2.24, 2.45) is 0 Å². The van der Waals surface area contributed by atoms with Crippen LogP contribution in [0.15, 0.2) is 43.9 Å². The van der Waals surface area contributed by atoms with Crippen LogP contribution in [-0.4, -0.2) is 21.4 Å². The Bertz CT molecular complexity index is 780. The first-order valence-electron chi connectivity index (χ1n) is 6.98. The highest BCUT2D eigenvalue weighted by atomic mass is 32.2. The van der Waals surface area contributed by atoms with Crippen LogP contribution in [0.1, 0.15) is 17.6 Å². The van der Waals surface area contributed by atoms with E-state index in [-0.39, 0.29) is 11.2 Å². The monoisotopic (exact) mass is 349 g/mol. The third-order valence-corrected chi connectivity index (χ3v) is 4.97. The van der Waals surface area contributed by atoms with Gasteiger partial charge in [0.05, 0.1) is 23.6 Å². The minimum absolute atomic E-state index is 0.0670. The maximum atomic E-state index is 12.1. The van der Waals surface area contributed by atoms with Gasteiger partial charge in [-0.1, -0.05) is 17.8 Å². The number of amides is 1. The molecule has 0 aliphatic heterocycles. The molecule has 0 aromatic carbocycles. The van der Waals surface area contributed by atoms with Gasteiger partial charge < -0.3 is 14.2 Å². The van der Waals surface area contributed by atoms with Gasteiger partial charge in [-0.25, -0.2) is 0 Å². The summed E-state index contributed by atoms with van der Waals surface area (Å²) in [4.78, 5) is 13.2. The van der Waals surface area contributed by atoms with Crippen molar-refractivity contribution < 1.29 is 13.6 Å². The van der Waals surface area contributed by atoms with E-state index in [2.05, 4.69) is 15.5 Å². The van der Waals surface area contributed by atoms with Crippen molar-refractivity contribution in [3.8, 4) is 11.5 Å². The van der Waals surface area contributed by atoms with Gasteiger partial charge in [0.15, 0.2) is 0 Å². The van der Waals surface area contributed by atoms with Crippen LogP contribution < -0.4 is 5.32 Å². The maximum Gasteiger partial charge on any atom is 0.277 e. The number of aryl methyl sites for hydroxylation is 1. The zero-order valence-electron chi connectivity index (χ0n) is 12.6. The van der Waals surface area contributed by atoms with Crippen LogP contribution in [0.5, 0.6) is 0 Å². The average molecular weight is 349 g/mol.